The average molecular weight is 337 g/mol. The molecule has 2 aromatic rings. The third-order valence-corrected chi connectivity index (χ3v) is 4.49. The van der Waals surface area contributed by atoms with E-state index in [-0.39, 0.29) is 17.9 Å². The molecule has 0 spiro atoms. The summed E-state index contributed by atoms with van der Waals surface area (Å²) in [4.78, 5) is 15.2. The van der Waals surface area contributed by atoms with Crippen molar-refractivity contribution in [2.45, 2.75) is 39.3 Å². The lowest BCUT2D eigenvalue weighted by Crippen LogP contribution is -2.29. The summed E-state index contributed by atoms with van der Waals surface area (Å²) in [6.07, 6.45) is 1.37. The first kappa shape index (κ1) is 16.1. The molecule has 1 amide bonds. The van der Waals surface area contributed by atoms with Gasteiger partial charge in [-0.2, -0.15) is 0 Å². The third kappa shape index (κ3) is 3.62. The van der Waals surface area contributed by atoms with Gasteiger partial charge in [0.25, 0.3) is 0 Å². The number of halogens is 1. The molecule has 1 unspecified atom stereocenters. The van der Waals surface area contributed by atoms with Gasteiger partial charge in [0.1, 0.15) is 12.4 Å². The monoisotopic (exact) mass is 336 g/mol. The number of rotatable bonds is 6. The highest BCUT2D eigenvalue weighted by Gasteiger charge is 2.44. The van der Waals surface area contributed by atoms with Crippen LogP contribution in [0.1, 0.15) is 32.4 Å². The summed E-state index contributed by atoms with van der Waals surface area (Å²) < 4.78 is 5.50. The molecule has 6 heteroatoms. The number of benzene rings is 1. The molecule has 1 aromatic heterocycles. The summed E-state index contributed by atoms with van der Waals surface area (Å²) in [6.45, 7) is 4.29. The van der Waals surface area contributed by atoms with Crippen LogP contribution in [0.5, 0.6) is 5.75 Å². The third-order valence-electron chi connectivity index (χ3n) is 4.20. The number of H-pyrrole nitrogens is 1. The zero-order chi connectivity index (χ0) is 16.6. The minimum absolute atomic E-state index is 0.107. The molecule has 0 radical (unpaired) electrons. The molecule has 1 atom stereocenters. The number of hydrogen-bond donors (Lipinski definition) is 3. The van der Waals surface area contributed by atoms with Crippen molar-refractivity contribution >= 4 is 28.4 Å². The van der Waals surface area contributed by atoms with Crippen LogP contribution >= 0.6 is 11.6 Å². The molecule has 0 bridgehead atoms. The van der Waals surface area contributed by atoms with Crippen molar-refractivity contribution in [1.29, 1.82) is 0 Å². The van der Waals surface area contributed by atoms with Crippen molar-refractivity contribution in [3.05, 3.63) is 28.9 Å². The Kier molecular flexibility index (Phi) is 4.25. The summed E-state index contributed by atoms with van der Waals surface area (Å²) in [5.74, 6) is 0.637. The summed E-state index contributed by atoms with van der Waals surface area (Å²) in [5, 5.41) is 13.7. The first-order chi connectivity index (χ1) is 10.9. The minimum atomic E-state index is -0.556. The number of carbonyl (C=O) groups excluding carboxylic acids is 1. The van der Waals surface area contributed by atoms with E-state index in [0.29, 0.717) is 17.3 Å². The number of nitrogens with one attached hydrogen (secondary N) is 2. The lowest BCUT2D eigenvalue weighted by atomic mass is 10.1. The van der Waals surface area contributed by atoms with Gasteiger partial charge < -0.3 is 20.1 Å². The summed E-state index contributed by atoms with van der Waals surface area (Å²) in [7, 11) is 0. The predicted octanol–water partition coefficient (Wildman–Crippen LogP) is 3.00. The van der Waals surface area contributed by atoms with Gasteiger partial charge >= 0.3 is 0 Å². The van der Waals surface area contributed by atoms with Crippen LogP contribution in [0.3, 0.4) is 0 Å². The van der Waals surface area contributed by atoms with Crippen LogP contribution < -0.4 is 10.1 Å². The van der Waals surface area contributed by atoms with E-state index in [1.165, 1.54) is 0 Å². The zero-order valence-corrected chi connectivity index (χ0v) is 14.0. The lowest BCUT2D eigenvalue weighted by molar-refractivity contribution is -0.125. The second-order valence-electron chi connectivity index (χ2n) is 6.57. The molecular weight excluding hydrogens is 316 g/mol. The number of amides is 1. The maximum Gasteiger partial charge on any atom is 0.226 e. The summed E-state index contributed by atoms with van der Waals surface area (Å²) >= 11 is 6.20. The molecule has 0 saturated heterocycles. The van der Waals surface area contributed by atoms with Crippen molar-refractivity contribution in [1.82, 2.24) is 10.3 Å². The van der Waals surface area contributed by atoms with Gasteiger partial charge in [0.2, 0.25) is 5.91 Å². The fourth-order valence-corrected chi connectivity index (χ4v) is 2.64. The molecule has 3 rings (SSSR count). The molecule has 5 nitrogen and oxygen atoms in total. The van der Waals surface area contributed by atoms with Crippen LogP contribution in [0, 0.1) is 5.41 Å². The summed E-state index contributed by atoms with van der Waals surface area (Å²) in [5.41, 5.74) is 1.63. The number of ether oxygens (including phenoxy) is 1. The number of hydrogen-bond acceptors (Lipinski definition) is 3. The van der Waals surface area contributed by atoms with E-state index >= 15 is 0 Å². The van der Waals surface area contributed by atoms with E-state index < -0.39 is 6.10 Å². The van der Waals surface area contributed by atoms with Gasteiger partial charge in [-0.05, 0) is 31.9 Å². The highest BCUT2D eigenvalue weighted by atomic mass is 35.5. The lowest BCUT2D eigenvalue weighted by Gasteiger charge is -2.09. The van der Waals surface area contributed by atoms with Gasteiger partial charge in [-0.3, -0.25) is 4.79 Å². The maximum atomic E-state index is 12.0. The van der Waals surface area contributed by atoms with E-state index in [9.17, 15) is 9.90 Å². The van der Waals surface area contributed by atoms with Crippen molar-refractivity contribution in [3.8, 4) is 5.75 Å². The smallest absolute Gasteiger partial charge is 0.226 e. The number of aromatic nitrogens is 1. The second kappa shape index (κ2) is 6.06. The Morgan fingerprint density at radius 2 is 2.22 bits per heavy atom. The standard InChI is InChI=1S/C17H21ClN2O3/c1-10(21)9-23-15-7-14-11(6-13(15)18)5-12(20-14)8-19-16(22)17(2)3-4-17/h5-7,10,20-21H,3-4,8-9H2,1-2H3,(H,19,22). The molecule has 0 aliphatic heterocycles. The van der Waals surface area contributed by atoms with Gasteiger partial charge in [-0.1, -0.05) is 18.5 Å². The maximum absolute atomic E-state index is 12.0. The Morgan fingerprint density at radius 1 is 1.48 bits per heavy atom. The number of aromatic amines is 1. The van der Waals surface area contributed by atoms with Crippen LogP contribution in [0.25, 0.3) is 10.9 Å². The molecule has 3 N–H and O–H groups in total. The molecule has 1 aliphatic carbocycles. The molecule has 1 saturated carbocycles. The van der Waals surface area contributed by atoms with Crippen LogP contribution in [-0.4, -0.2) is 28.7 Å². The number of aliphatic hydroxyl groups is 1. The molecule has 124 valence electrons. The van der Waals surface area contributed by atoms with Gasteiger partial charge in [-0.25, -0.2) is 0 Å². The largest absolute Gasteiger partial charge is 0.489 e. The van der Waals surface area contributed by atoms with Crippen molar-refractivity contribution in [2.24, 2.45) is 5.41 Å². The Balaban J connectivity index is 1.72. The normalized spacial score (nSPS) is 17.0. The SMILES string of the molecule is CC(O)COc1cc2[nH]c(CNC(=O)C3(C)CC3)cc2cc1Cl. The molecule has 1 fully saturated rings. The van der Waals surface area contributed by atoms with Gasteiger partial charge in [0.05, 0.1) is 17.7 Å². The van der Waals surface area contributed by atoms with Gasteiger partial charge in [-0.15, -0.1) is 0 Å². The van der Waals surface area contributed by atoms with Crippen LogP contribution in [0.15, 0.2) is 18.2 Å². The quantitative estimate of drug-likeness (QED) is 0.759. The molecule has 23 heavy (non-hydrogen) atoms. The zero-order valence-electron chi connectivity index (χ0n) is 13.3. The van der Waals surface area contributed by atoms with Crippen LogP contribution in [0.2, 0.25) is 5.02 Å². The van der Waals surface area contributed by atoms with E-state index in [4.69, 9.17) is 16.3 Å². The van der Waals surface area contributed by atoms with E-state index in [2.05, 4.69) is 10.3 Å². The highest BCUT2D eigenvalue weighted by molar-refractivity contribution is 6.32. The minimum Gasteiger partial charge on any atom is -0.489 e. The highest BCUT2D eigenvalue weighted by Crippen LogP contribution is 2.45. The fraction of sp³-hybridized carbons (Fsp3) is 0.471. The fourth-order valence-electron chi connectivity index (χ4n) is 2.41. The van der Waals surface area contributed by atoms with Gasteiger partial charge in [0.15, 0.2) is 0 Å². The van der Waals surface area contributed by atoms with E-state index in [1.54, 1.807) is 6.92 Å². The Hall–Kier alpha value is -1.72. The van der Waals surface area contributed by atoms with E-state index in [0.717, 1.165) is 29.4 Å². The topological polar surface area (TPSA) is 74.3 Å². The average Bonchev–Trinajstić information content (AvgIpc) is 3.12. The first-order valence-electron chi connectivity index (χ1n) is 7.78. The molecule has 1 aliphatic rings. The van der Waals surface area contributed by atoms with Crippen molar-refractivity contribution in [2.75, 3.05) is 6.61 Å². The number of fused-ring (bicyclic) bond motifs is 1. The molecule has 1 heterocycles. The Bertz CT molecular complexity index is 735. The van der Waals surface area contributed by atoms with Crippen LogP contribution in [-0.2, 0) is 11.3 Å². The predicted molar refractivity (Wildman–Crippen MR) is 89.7 cm³/mol. The summed E-state index contributed by atoms with van der Waals surface area (Å²) in [6, 6.07) is 5.60. The van der Waals surface area contributed by atoms with Crippen molar-refractivity contribution in [3.63, 3.8) is 0 Å². The molecular formula is C17H21ClN2O3. The Labute approximate surface area is 140 Å². The van der Waals surface area contributed by atoms with E-state index in [1.807, 2.05) is 25.1 Å². The van der Waals surface area contributed by atoms with Gasteiger partial charge in [0, 0.05) is 28.1 Å². The number of aliphatic hydroxyl groups excluding tert-OH is 1. The molecule has 1 aromatic carbocycles. The Morgan fingerprint density at radius 3 is 2.87 bits per heavy atom. The number of carbonyl (C=O) groups is 1. The first-order valence-corrected chi connectivity index (χ1v) is 8.15. The second-order valence-corrected chi connectivity index (χ2v) is 6.98. The van der Waals surface area contributed by atoms with Crippen molar-refractivity contribution < 1.29 is 14.6 Å². The van der Waals surface area contributed by atoms with Crippen LogP contribution in [0.4, 0.5) is 0 Å².